The van der Waals surface area contributed by atoms with Crippen molar-refractivity contribution in [2.75, 3.05) is 44.9 Å². The van der Waals surface area contributed by atoms with E-state index in [1.807, 2.05) is 0 Å². The molecule has 6 nitrogen and oxygen atoms in total. The minimum Gasteiger partial charge on any atom is -0.378 e. The van der Waals surface area contributed by atoms with Crippen LogP contribution in [0.25, 0.3) is 0 Å². The summed E-state index contributed by atoms with van der Waals surface area (Å²) in [5.74, 6) is 0.108. The summed E-state index contributed by atoms with van der Waals surface area (Å²) in [5, 5.41) is 2.69. The van der Waals surface area contributed by atoms with Crippen molar-refractivity contribution >= 4 is 15.9 Å². The van der Waals surface area contributed by atoms with Crippen LogP contribution in [0.5, 0.6) is 0 Å². The zero-order valence-corrected chi connectivity index (χ0v) is 10.3. The van der Waals surface area contributed by atoms with Crippen LogP contribution >= 0.6 is 0 Å². The largest absolute Gasteiger partial charge is 0.378 e. The molecule has 1 saturated heterocycles. The van der Waals surface area contributed by atoms with E-state index in [0.717, 1.165) is 0 Å². The fourth-order valence-electron chi connectivity index (χ4n) is 1.41. The lowest BCUT2D eigenvalue weighted by atomic mass is 10.4. The summed E-state index contributed by atoms with van der Waals surface area (Å²) in [4.78, 5) is 13.2. The predicted molar refractivity (Wildman–Crippen MR) is 60.1 cm³/mol. The van der Waals surface area contributed by atoms with Crippen molar-refractivity contribution in [3.05, 3.63) is 0 Å². The molecular formula is C9H18N2O4S. The number of nitrogens with one attached hydrogen (secondary N) is 1. The smallest absolute Gasteiger partial charge is 0.317 e. The highest BCUT2D eigenvalue weighted by Crippen LogP contribution is 1.97. The Morgan fingerprint density at radius 2 is 2.00 bits per heavy atom. The van der Waals surface area contributed by atoms with Crippen LogP contribution in [0.15, 0.2) is 0 Å². The molecule has 0 aromatic rings. The van der Waals surface area contributed by atoms with Gasteiger partial charge in [0, 0.05) is 25.9 Å². The Morgan fingerprint density at radius 3 is 2.56 bits per heavy atom. The number of carbonyl (C=O) groups is 1. The molecule has 1 aliphatic heterocycles. The Hall–Kier alpha value is -0.820. The summed E-state index contributed by atoms with van der Waals surface area (Å²) in [6, 6.07) is -0.142. The fraction of sp³-hybridized carbons (Fsp3) is 0.889. The molecule has 1 rings (SSSR count). The Labute approximate surface area is 95.9 Å². The van der Waals surface area contributed by atoms with E-state index in [1.165, 1.54) is 6.26 Å². The van der Waals surface area contributed by atoms with Crippen molar-refractivity contribution < 1.29 is 17.9 Å². The Morgan fingerprint density at radius 1 is 1.38 bits per heavy atom. The number of sulfone groups is 1. The molecule has 0 aromatic carbocycles. The summed E-state index contributed by atoms with van der Waals surface area (Å²) < 4.78 is 26.8. The van der Waals surface area contributed by atoms with E-state index >= 15 is 0 Å². The van der Waals surface area contributed by atoms with E-state index in [0.29, 0.717) is 39.3 Å². The predicted octanol–water partition coefficient (Wildman–Crippen LogP) is -0.537. The first kappa shape index (κ1) is 13.2. The van der Waals surface area contributed by atoms with Gasteiger partial charge < -0.3 is 15.0 Å². The third-order valence-corrected chi connectivity index (χ3v) is 3.30. The first-order chi connectivity index (χ1) is 7.49. The van der Waals surface area contributed by atoms with Gasteiger partial charge in [-0.05, 0) is 6.42 Å². The summed E-state index contributed by atoms with van der Waals surface area (Å²) in [5.41, 5.74) is 0. The Kier molecular flexibility index (Phi) is 5.01. The molecule has 0 atom stereocenters. The summed E-state index contributed by atoms with van der Waals surface area (Å²) in [6.45, 7) is 2.71. The normalized spacial score (nSPS) is 17.2. The summed E-state index contributed by atoms with van der Waals surface area (Å²) in [7, 11) is -2.93. The van der Waals surface area contributed by atoms with E-state index in [2.05, 4.69) is 5.32 Å². The van der Waals surface area contributed by atoms with E-state index in [4.69, 9.17) is 4.74 Å². The Bertz CT molecular complexity index is 322. The number of hydrogen-bond acceptors (Lipinski definition) is 4. The van der Waals surface area contributed by atoms with Gasteiger partial charge >= 0.3 is 6.03 Å². The molecule has 94 valence electrons. The average molecular weight is 250 g/mol. The highest BCUT2D eigenvalue weighted by Gasteiger charge is 2.15. The second-order valence-electron chi connectivity index (χ2n) is 3.81. The molecule has 2 amide bonds. The van der Waals surface area contributed by atoms with Crippen molar-refractivity contribution in [2.45, 2.75) is 6.42 Å². The van der Waals surface area contributed by atoms with Crippen molar-refractivity contribution in [3.63, 3.8) is 0 Å². The molecule has 1 N–H and O–H groups in total. The van der Waals surface area contributed by atoms with Crippen molar-refractivity contribution in [1.29, 1.82) is 0 Å². The van der Waals surface area contributed by atoms with Gasteiger partial charge in [0.1, 0.15) is 9.84 Å². The standard InChI is InChI=1S/C9H18N2O4S/c1-16(13,14)8-2-3-10-9(12)11-4-6-15-7-5-11/h2-8H2,1H3,(H,10,12). The van der Waals surface area contributed by atoms with E-state index in [1.54, 1.807) is 4.90 Å². The lowest BCUT2D eigenvalue weighted by Gasteiger charge is -2.26. The molecule has 0 radical (unpaired) electrons. The molecule has 0 spiro atoms. The van der Waals surface area contributed by atoms with Gasteiger partial charge in [0.2, 0.25) is 0 Å². The van der Waals surface area contributed by atoms with Gasteiger partial charge in [0.25, 0.3) is 0 Å². The monoisotopic (exact) mass is 250 g/mol. The third-order valence-electron chi connectivity index (χ3n) is 2.27. The highest BCUT2D eigenvalue weighted by molar-refractivity contribution is 7.90. The van der Waals surface area contributed by atoms with Gasteiger partial charge in [0.05, 0.1) is 19.0 Å². The van der Waals surface area contributed by atoms with Crippen LogP contribution in [0.4, 0.5) is 4.79 Å². The molecule has 0 aliphatic carbocycles. The zero-order chi connectivity index (χ0) is 12.0. The number of rotatable bonds is 4. The molecule has 16 heavy (non-hydrogen) atoms. The van der Waals surface area contributed by atoms with Crippen molar-refractivity contribution in [3.8, 4) is 0 Å². The van der Waals surface area contributed by atoms with Gasteiger partial charge in [-0.15, -0.1) is 0 Å². The number of urea groups is 1. The van der Waals surface area contributed by atoms with Gasteiger partial charge in [-0.25, -0.2) is 13.2 Å². The number of carbonyl (C=O) groups excluding carboxylic acids is 1. The number of hydrogen-bond donors (Lipinski definition) is 1. The second-order valence-corrected chi connectivity index (χ2v) is 6.07. The average Bonchev–Trinajstić information content (AvgIpc) is 2.24. The summed E-state index contributed by atoms with van der Waals surface area (Å²) in [6.07, 6.45) is 1.64. The second kappa shape index (κ2) is 6.05. The third kappa shape index (κ3) is 5.32. The van der Waals surface area contributed by atoms with Crippen molar-refractivity contribution in [2.24, 2.45) is 0 Å². The highest BCUT2D eigenvalue weighted by atomic mass is 32.2. The lowest BCUT2D eigenvalue weighted by Crippen LogP contribution is -2.46. The lowest BCUT2D eigenvalue weighted by molar-refractivity contribution is 0.0532. The number of amides is 2. The molecule has 0 bridgehead atoms. The van der Waals surface area contributed by atoms with Gasteiger partial charge in [-0.3, -0.25) is 0 Å². The van der Waals surface area contributed by atoms with Crippen LogP contribution < -0.4 is 5.32 Å². The van der Waals surface area contributed by atoms with Crippen LogP contribution in [0.2, 0.25) is 0 Å². The molecule has 0 aromatic heterocycles. The number of morpholine rings is 1. The maximum absolute atomic E-state index is 11.5. The minimum atomic E-state index is -2.93. The van der Waals surface area contributed by atoms with Crippen LogP contribution in [0, 0.1) is 0 Å². The molecule has 0 unspecified atom stereocenters. The van der Waals surface area contributed by atoms with E-state index in [-0.39, 0.29) is 11.8 Å². The number of nitrogens with zero attached hydrogens (tertiary/aromatic N) is 1. The summed E-state index contributed by atoms with van der Waals surface area (Å²) >= 11 is 0. The molecular weight excluding hydrogens is 232 g/mol. The zero-order valence-electron chi connectivity index (χ0n) is 9.44. The van der Waals surface area contributed by atoms with Crippen LogP contribution in [-0.2, 0) is 14.6 Å². The van der Waals surface area contributed by atoms with Crippen LogP contribution in [0.3, 0.4) is 0 Å². The van der Waals surface area contributed by atoms with E-state index < -0.39 is 9.84 Å². The first-order valence-electron chi connectivity index (χ1n) is 5.27. The molecule has 1 aliphatic rings. The molecule has 7 heteroatoms. The first-order valence-corrected chi connectivity index (χ1v) is 7.33. The Balaban J connectivity index is 2.14. The van der Waals surface area contributed by atoms with Gasteiger partial charge in [0.15, 0.2) is 0 Å². The fourth-order valence-corrected chi connectivity index (χ4v) is 2.08. The minimum absolute atomic E-state index is 0.108. The van der Waals surface area contributed by atoms with Gasteiger partial charge in [-0.1, -0.05) is 0 Å². The number of ether oxygens (including phenoxy) is 1. The SMILES string of the molecule is CS(=O)(=O)CCCNC(=O)N1CCOCC1. The maximum atomic E-state index is 11.5. The molecule has 1 heterocycles. The van der Waals surface area contributed by atoms with Crippen LogP contribution in [-0.4, -0.2) is 64.2 Å². The van der Waals surface area contributed by atoms with Crippen LogP contribution in [0.1, 0.15) is 6.42 Å². The van der Waals surface area contributed by atoms with E-state index in [9.17, 15) is 13.2 Å². The van der Waals surface area contributed by atoms with Crippen molar-refractivity contribution in [1.82, 2.24) is 10.2 Å². The topological polar surface area (TPSA) is 75.7 Å². The maximum Gasteiger partial charge on any atom is 0.317 e. The molecule has 1 fully saturated rings. The quantitative estimate of drug-likeness (QED) is 0.680. The van der Waals surface area contributed by atoms with Gasteiger partial charge in [-0.2, -0.15) is 0 Å². The molecule has 0 saturated carbocycles.